The zero-order chi connectivity index (χ0) is 12.0. The van der Waals surface area contributed by atoms with Gasteiger partial charge in [-0.2, -0.15) is 0 Å². The molecule has 0 saturated heterocycles. The summed E-state index contributed by atoms with van der Waals surface area (Å²) in [6.07, 6.45) is 1.62. The number of nitrogens with one attached hydrogen (secondary N) is 1. The van der Waals surface area contributed by atoms with Gasteiger partial charge in [-0.25, -0.2) is 0 Å². The lowest BCUT2D eigenvalue weighted by molar-refractivity contribution is 0.0944. The molecule has 4 nitrogen and oxygen atoms in total. The van der Waals surface area contributed by atoms with E-state index in [1.165, 1.54) is 0 Å². The number of amides is 1. The zero-order valence-electron chi connectivity index (χ0n) is 9.10. The molecule has 0 spiro atoms. The minimum Gasteiger partial charge on any atom is -0.395 e. The summed E-state index contributed by atoms with van der Waals surface area (Å²) in [6.45, 7) is 0.160. The third-order valence-corrected chi connectivity index (χ3v) is 2.70. The molecule has 0 bridgehead atoms. The van der Waals surface area contributed by atoms with Crippen molar-refractivity contribution < 1.29 is 14.1 Å². The summed E-state index contributed by atoms with van der Waals surface area (Å²) in [6, 6.07) is 7.00. The molecule has 0 heterocycles. The number of aliphatic hydroxyl groups excluding tert-OH is 1. The minimum atomic E-state index is -0.915. The summed E-state index contributed by atoms with van der Waals surface area (Å²) in [5, 5.41) is 11.1. The van der Waals surface area contributed by atoms with Gasteiger partial charge in [0.15, 0.2) is 0 Å². The van der Waals surface area contributed by atoms with E-state index in [4.69, 9.17) is 5.11 Å². The molecule has 0 aromatic heterocycles. The van der Waals surface area contributed by atoms with Gasteiger partial charge >= 0.3 is 0 Å². The van der Waals surface area contributed by atoms with Gasteiger partial charge in [-0.1, -0.05) is 12.1 Å². The maximum Gasteiger partial charge on any atom is 0.251 e. The van der Waals surface area contributed by atoms with E-state index in [2.05, 4.69) is 5.32 Å². The highest BCUT2D eigenvalue weighted by atomic mass is 32.2. The van der Waals surface area contributed by atoms with E-state index in [9.17, 15) is 9.00 Å². The van der Waals surface area contributed by atoms with Crippen molar-refractivity contribution >= 4 is 16.7 Å². The van der Waals surface area contributed by atoms with E-state index in [0.29, 0.717) is 11.3 Å². The third-order valence-electron chi connectivity index (χ3n) is 1.96. The van der Waals surface area contributed by atoms with E-state index in [1.54, 1.807) is 24.5 Å². The second-order valence-corrected chi connectivity index (χ2v) is 4.83. The molecule has 1 aromatic carbocycles. The van der Waals surface area contributed by atoms with Crippen molar-refractivity contribution in [3.63, 3.8) is 0 Å². The fourth-order valence-electron chi connectivity index (χ4n) is 1.31. The Morgan fingerprint density at radius 1 is 1.50 bits per heavy atom. The monoisotopic (exact) mass is 241 g/mol. The van der Waals surface area contributed by atoms with Gasteiger partial charge in [-0.05, 0) is 17.7 Å². The summed E-state index contributed by atoms with van der Waals surface area (Å²) in [4.78, 5) is 11.5. The molecule has 1 rings (SSSR count). The van der Waals surface area contributed by atoms with E-state index in [1.807, 2.05) is 6.07 Å². The third kappa shape index (κ3) is 4.12. The quantitative estimate of drug-likeness (QED) is 0.778. The van der Waals surface area contributed by atoms with Crippen molar-refractivity contribution in [3.05, 3.63) is 35.4 Å². The van der Waals surface area contributed by atoms with E-state index < -0.39 is 10.8 Å². The normalized spacial score (nSPS) is 12.1. The Kier molecular flexibility index (Phi) is 5.14. The molecule has 0 fully saturated rings. The summed E-state index contributed by atoms with van der Waals surface area (Å²) < 4.78 is 11.0. The van der Waals surface area contributed by atoms with Gasteiger partial charge in [-0.3, -0.25) is 9.00 Å². The maximum absolute atomic E-state index is 11.5. The molecule has 5 heteroatoms. The van der Waals surface area contributed by atoms with Crippen LogP contribution in [-0.2, 0) is 16.6 Å². The first kappa shape index (κ1) is 12.9. The fraction of sp³-hybridized carbons (Fsp3) is 0.364. The SMILES string of the molecule is CS(=O)Cc1cccc(C(=O)NCCO)c1. The molecule has 0 radical (unpaired) electrons. The topological polar surface area (TPSA) is 66.4 Å². The molecule has 2 N–H and O–H groups in total. The maximum atomic E-state index is 11.5. The number of carbonyl (C=O) groups is 1. The molecule has 0 aliphatic carbocycles. The summed E-state index contributed by atoms with van der Waals surface area (Å²) in [7, 11) is -0.915. The Morgan fingerprint density at radius 3 is 2.88 bits per heavy atom. The van der Waals surface area contributed by atoms with Gasteiger partial charge in [0.2, 0.25) is 0 Å². The van der Waals surface area contributed by atoms with Gasteiger partial charge < -0.3 is 10.4 Å². The van der Waals surface area contributed by atoms with Crippen LogP contribution in [0.1, 0.15) is 15.9 Å². The van der Waals surface area contributed by atoms with Crippen LogP contribution < -0.4 is 5.32 Å². The first-order chi connectivity index (χ1) is 7.63. The minimum absolute atomic E-state index is 0.0790. The summed E-state index contributed by atoms with van der Waals surface area (Å²) in [5.41, 5.74) is 1.40. The lowest BCUT2D eigenvalue weighted by atomic mass is 10.1. The van der Waals surface area contributed by atoms with Crippen LogP contribution in [0.3, 0.4) is 0 Å². The van der Waals surface area contributed by atoms with E-state index >= 15 is 0 Å². The van der Waals surface area contributed by atoms with Crippen LogP contribution in [0.4, 0.5) is 0 Å². The van der Waals surface area contributed by atoms with Crippen LogP contribution in [0.5, 0.6) is 0 Å². The molecule has 88 valence electrons. The Labute approximate surface area is 97.1 Å². The number of hydrogen-bond acceptors (Lipinski definition) is 3. The van der Waals surface area contributed by atoms with Crippen LogP contribution in [0, 0.1) is 0 Å². The predicted molar refractivity (Wildman–Crippen MR) is 63.6 cm³/mol. The van der Waals surface area contributed by atoms with Gasteiger partial charge in [-0.15, -0.1) is 0 Å². The molecular weight excluding hydrogens is 226 g/mol. The molecule has 1 unspecified atom stereocenters. The molecule has 0 aliphatic heterocycles. The molecular formula is C11H15NO3S. The molecule has 1 aromatic rings. The largest absolute Gasteiger partial charge is 0.395 e. The highest BCUT2D eigenvalue weighted by Crippen LogP contribution is 2.07. The Morgan fingerprint density at radius 2 is 2.25 bits per heavy atom. The van der Waals surface area contributed by atoms with Crippen molar-refractivity contribution in [1.82, 2.24) is 5.32 Å². The van der Waals surface area contributed by atoms with Gasteiger partial charge in [0.1, 0.15) is 0 Å². The first-order valence-electron chi connectivity index (χ1n) is 4.91. The summed E-state index contributed by atoms with van der Waals surface area (Å²) in [5.74, 6) is 0.221. The van der Waals surface area contributed by atoms with Gasteiger partial charge in [0, 0.05) is 34.9 Å². The van der Waals surface area contributed by atoms with E-state index in [-0.39, 0.29) is 19.1 Å². The van der Waals surface area contributed by atoms with Crippen LogP contribution >= 0.6 is 0 Å². The second-order valence-electron chi connectivity index (χ2n) is 3.40. The Hall–Kier alpha value is -1.20. The van der Waals surface area contributed by atoms with Gasteiger partial charge in [0.25, 0.3) is 5.91 Å². The van der Waals surface area contributed by atoms with Crippen molar-refractivity contribution in [1.29, 1.82) is 0 Å². The van der Waals surface area contributed by atoms with Crippen molar-refractivity contribution in [3.8, 4) is 0 Å². The molecule has 1 atom stereocenters. The first-order valence-corrected chi connectivity index (χ1v) is 6.64. The van der Waals surface area contributed by atoms with Crippen LogP contribution in [-0.4, -0.2) is 34.6 Å². The number of aliphatic hydroxyl groups is 1. The molecule has 0 saturated carbocycles. The van der Waals surface area contributed by atoms with Crippen molar-refractivity contribution in [2.45, 2.75) is 5.75 Å². The standard InChI is InChI=1S/C11H15NO3S/c1-16(15)8-9-3-2-4-10(7-9)11(14)12-5-6-13/h2-4,7,13H,5-6,8H2,1H3,(H,12,14). The highest BCUT2D eigenvalue weighted by Gasteiger charge is 2.05. The van der Waals surface area contributed by atoms with E-state index in [0.717, 1.165) is 5.56 Å². The van der Waals surface area contributed by atoms with Gasteiger partial charge in [0.05, 0.1) is 6.61 Å². The average Bonchev–Trinajstić information content (AvgIpc) is 2.25. The van der Waals surface area contributed by atoms with Crippen LogP contribution in [0.25, 0.3) is 0 Å². The van der Waals surface area contributed by atoms with Crippen LogP contribution in [0.15, 0.2) is 24.3 Å². The Balaban J connectivity index is 2.73. The lowest BCUT2D eigenvalue weighted by Gasteiger charge is -2.05. The lowest BCUT2D eigenvalue weighted by Crippen LogP contribution is -2.26. The molecule has 1 amide bonds. The van der Waals surface area contributed by atoms with Crippen molar-refractivity contribution in [2.24, 2.45) is 0 Å². The number of rotatable bonds is 5. The zero-order valence-corrected chi connectivity index (χ0v) is 9.92. The van der Waals surface area contributed by atoms with Crippen LogP contribution in [0.2, 0.25) is 0 Å². The smallest absolute Gasteiger partial charge is 0.251 e. The predicted octanol–water partition coefficient (Wildman–Crippen LogP) is 0.287. The average molecular weight is 241 g/mol. The fourth-order valence-corrected chi connectivity index (χ4v) is 1.96. The Bertz CT molecular complexity index is 393. The molecule has 16 heavy (non-hydrogen) atoms. The molecule has 0 aliphatic rings. The summed E-state index contributed by atoms with van der Waals surface area (Å²) >= 11 is 0. The second kappa shape index (κ2) is 6.40. The highest BCUT2D eigenvalue weighted by molar-refractivity contribution is 7.83. The van der Waals surface area contributed by atoms with Crippen molar-refractivity contribution in [2.75, 3.05) is 19.4 Å². The number of benzene rings is 1. The number of carbonyl (C=O) groups excluding carboxylic acids is 1. The number of hydrogen-bond donors (Lipinski definition) is 2.